The fourth-order valence-corrected chi connectivity index (χ4v) is 5.93. The number of benzene rings is 1. The van der Waals surface area contributed by atoms with E-state index < -0.39 is 70.1 Å². The van der Waals surface area contributed by atoms with Gasteiger partial charge in [-0.3, -0.25) is 33.7 Å². The molecule has 2 fully saturated rings. The standard InChI is InChI=1S/C23H24N2O8/c1-8(26)10-4-5-13(27)15-11(10)6-9-7-12-17(25(2)3)19(29)16(22(24)32)21(31)23(12,33)20(30)14(9)18(15)28/h4-5,9,12,14,16-17,27,33H,6-7H2,1-3H3,(H2,24,32). The number of phenolic OH excluding ortho intramolecular Hbond substituents is 1. The summed E-state index contributed by atoms with van der Waals surface area (Å²) in [5, 5.41) is 21.8. The maximum absolute atomic E-state index is 13.6. The number of nitrogens with two attached hydrogens (primary N) is 1. The van der Waals surface area contributed by atoms with E-state index in [1.165, 1.54) is 38.1 Å². The molecule has 4 rings (SSSR count). The SMILES string of the molecule is CC(=O)c1ccc(O)c2c1CC1CC3C(N(C)C)C(=O)C(C(N)=O)C(=O)C3(O)C(=O)C1C2=O. The number of aliphatic hydroxyl groups is 1. The van der Waals surface area contributed by atoms with Gasteiger partial charge in [-0.25, -0.2) is 0 Å². The van der Waals surface area contributed by atoms with Gasteiger partial charge in [-0.05, 0) is 57.5 Å². The predicted molar refractivity (Wildman–Crippen MR) is 111 cm³/mol. The van der Waals surface area contributed by atoms with Crippen LogP contribution < -0.4 is 5.73 Å². The molecule has 1 amide bonds. The number of primary amides is 1. The van der Waals surface area contributed by atoms with Gasteiger partial charge in [-0.1, -0.05) is 0 Å². The highest BCUT2D eigenvalue weighted by atomic mass is 16.3. The molecule has 4 N–H and O–H groups in total. The third-order valence-corrected chi connectivity index (χ3v) is 7.32. The lowest BCUT2D eigenvalue weighted by molar-refractivity contribution is -0.181. The third-order valence-electron chi connectivity index (χ3n) is 7.32. The summed E-state index contributed by atoms with van der Waals surface area (Å²) in [4.78, 5) is 78.6. The number of hydrogen-bond donors (Lipinski definition) is 3. The summed E-state index contributed by atoms with van der Waals surface area (Å²) in [5.74, 6) is -11.4. The van der Waals surface area contributed by atoms with Crippen molar-refractivity contribution in [3.05, 3.63) is 28.8 Å². The van der Waals surface area contributed by atoms with Gasteiger partial charge < -0.3 is 15.9 Å². The number of phenols is 1. The van der Waals surface area contributed by atoms with E-state index in [1.807, 2.05) is 0 Å². The number of likely N-dealkylation sites (N-methyl/N-ethyl adjacent to an activating group) is 1. The Labute approximate surface area is 188 Å². The van der Waals surface area contributed by atoms with E-state index >= 15 is 0 Å². The van der Waals surface area contributed by atoms with Gasteiger partial charge in [0, 0.05) is 11.5 Å². The van der Waals surface area contributed by atoms with E-state index in [0.717, 1.165) is 0 Å². The number of amides is 1. The van der Waals surface area contributed by atoms with E-state index in [0.29, 0.717) is 5.56 Å². The average Bonchev–Trinajstić information content (AvgIpc) is 2.70. The van der Waals surface area contributed by atoms with Crippen LogP contribution in [0, 0.1) is 23.7 Å². The van der Waals surface area contributed by atoms with Crippen molar-refractivity contribution < 1.29 is 39.0 Å². The first-order chi connectivity index (χ1) is 15.3. The summed E-state index contributed by atoms with van der Waals surface area (Å²) in [6, 6.07) is 1.43. The Hall–Kier alpha value is -3.24. The van der Waals surface area contributed by atoms with Crippen molar-refractivity contribution in [1.29, 1.82) is 0 Å². The fraction of sp³-hybridized carbons (Fsp3) is 0.478. The summed E-state index contributed by atoms with van der Waals surface area (Å²) in [6.45, 7) is 1.32. The average molecular weight is 456 g/mol. The number of fused-ring (bicyclic) bond motifs is 3. The topological polar surface area (TPSA) is 172 Å². The Morgan fingerprint density at radius 1 is 1.12 bits per heavy atom. The lowest BCUT2D eigenvalue weighted by Crippen LogP contribution is -2.74. The van der Waals surface area contributed by atoms with Crippen molar-refractivity contribution in [3.63, 3.8) is 0 Å². The Morgan fingerprint density at radius 2 is 1.76 bits per heavy atom. The second kappa shape index (κ2) is 7.39. The summed E-state index contributed by atoms with van der Waals surface area (Å²) in [5.41, 5.74) is 2.86. The molecule has 6 atom stereocenters. The number of nitrogens with zero attached hydrogens (tertiary/aromatic N) is 1. The second-order valence-corrected chi connectivity index (χ2v) is 9.33. The van der Waals surface area contributed by atoms with Gasteiger partial charge in [-0.15, -0.1) is 0 Å². The molecule has 33 heavy (non-hydrogen) atoms. The number of Topliss-reactive ketones (excluding diaryl/α,β-unsaturated/α-hetero) is 5. The van der Waals surface area contributed by atoms with E-state index in [1.54, 1.807) is 0 Å². The van der Waals surface area contributed by atoms with Gasteiger partial charge in [0.1, 0.15) is 5.75 Å². The van der Waals surface area contributed by atoms with Crippen LogP contribution in [-0.4, -0.2) is 75.7 Å². The molecule has 10 heteroatoms. The molecule has 174 valence electrons. The van der Waals surface area contributed by atoms with Gasteiger partial charge in [0.05, 0.1) is 17.5 Å². The van der Waals surface area contributed by atoms with Crippen LogP contribution in [0.15, 0.2) is 12.1 Å². The highest BCUT2D eigenvalue weighted by molar-refractivity contribution is 6.32. The Kier molecular flexibility index (Phi) is 5.14. The highest BCUT2D eigenvalue weighted by Gasteiger charge is 2.69. The summed E-state index contributed by atoms with van der Waals surface area (Å²) in [6.07, 6.45) is 0.00600. The minimum Gasteiger partial charge on any atom is -0.507 e. The maximum Gasteiger partial charge on any atom is 0.235 e. The molecule has 0 aliphatic heterocycles. The zero-order valence-corrected chi connectivity index (χ0v) is 18.3. The number of carbonyl (C=O) groups excluding carboxylic acids is 6. The Balaban J connectivity index is 1.90. The van der Waals surface area contributed by atoms with Crippen LogP contribution in [-0.2, 0) is 25.6 Å². The van der Waals surface area contributed by atoms with Crippen LogP contribution in [0.5, 0.6) is 5.75 Å². The van der Waals surface area contributed by atoms with Gasteiger partial charge in [-0.2, -0.15) is 0 Å². The van der Waals surface area contributed by atoms with Crippen LogP contribution in [0.4, 0.5) is 0 Å². The summed E-state index contributed by atoms with van der Waals surface area (Å²) >= 11 is 0. The van der Waals surface area contributed by atoms with Gasteiger partial charge in [0.2, 0.25) is 5.91 Å². The van der Waals surface area contributed by atoms with Crippen molar-refractivity contribution in [2.45, 2.75) is 31.4 Å². The molecule has 3 aliphatic carbocycles. The van der Waals surface area contributed by atoms with Gasteiger partial charge >= 0.3 is 0 Å². The van der Waals surface area contributed by atoms with Crippen molar-refractivity contribution in [2.75, 3.05) is 14.1 Å². The quantitative estimate of drug-likeness (QED) is 0.384. The van der Waals surface area contributed by atoms with Crippen LogP contribution in [0.2, 0.25) is 0 Å². The van der Waals surface area contributed by atoms with Gasteiger partial charge in [0.15, 0.2) is 40.4 Å². The third kappa shape index (κ3) is 2.94. The Bertz CT molecular complexity index is 1160. The van der Waals surface area contributed by atoms with Crippen LogP contribution in [0.1, 0.15) is 39.6 Å². The van der Waals surface area contributed by atoms with E-state index in [9.17, 15) is 39.0 Å². The monoisotopic (exact) mass is 456 g/mol. The largest absolute Gasteiger partial charge is 0.507 e. The maximum atomic E-state index is 13.6. The molecule has 0 spiro atoms. The molecular formula is C23H24N2O8. The van der Waals surface area contributed by atoms with Crippen molar-refractivity contribution >= 4 is 34.8 Å². The van der Waals surface area contributed by atoms with Crippen molar-refractivity contribution in [1.82, 2.24) is 4.90 Å². The fourth-order valence-electron chi connectivity index (χ4n) is 5.93. The van der Waals surface area contributed by atoms with Crippen LogP contribution in [0.3, 0.4) is 0 Å². The van der Waals surface area contributed by atoms with E-state index in [4.69, 9.17) is 5.73 Å². The molecule has 2 saturated carbocycles. The Morgan fingerprint density at radius 3 is 2.30 bits per heavy atom. The highest BCUT2D eigenvalue weighted by Crippen LogP contribution is 2.50. The molecule has 0 aromatic heterocycles. The van der Waals surface area contributed by atoms with Crippen molar-refractivity contribution in [3.8, 4) is 5.75 Å². The van der Waals surface area contributed by atoms with Gasteiger partial charge in [0.25, 0.3) is 0 Å². The zero-order valence-electron chi connectivity index (χ0n) is 18.3. The first kappa shape index (κ1) is 22.9. The molecule has 0 saturated heterocycles. The van der Waals surface area contributed by atoms with E-state index in [-0.39, 0.29) is 29.8 Å². The minimum atomic E-state index is -2.76. The number of rotatable bonds is 3. The van der Waals surface area contributed by atoms with E-state index in [2.05, 4.69) is 0 Å². The number of carbonyl (C=O) groups is 6. The predicted octanol–water partition coefficient (Wildman–Crippen LogP) is -0.930. The number of aromatic hydroxyl groups is 1. The molecule has 0 heterocycles. The molecule has 0 radical (unpaired) electrons. The minimum absolute atomic E-state index is 0.0586. The molecule has 10 nitrogen and oxygen atoms in total. The smallest absolute Gasteiger partial charge is 0.235 e. The molecule has 6 unspecified atom stereocenters. The zero-order chi connectivity index (χ0) is 24.6. The molecule has 3 aliphatic rings. The van der Waals surface area contributed by atoms with Crippen molar-refractivity contribution in [2.24, 2.45) is 29.4 Å². The molecule has 1 aromatic rings. The lowest BCUT2D eigenvalue weighted by Gasteiger charge is -2.52. The summed E-state index contributed by atoms with van der Waals surface area (Å²) in [7, 11) is 3.03. The first-order valence-corrected chi connectivity index (χ1v) is 10.5. The van der Waals surface area contributed by atoms with Crippen LogP contribution in [0.25, 0.3) is 0 Å². The lowest BCUT2D eigenvalue weighted by atomic mass is 9.52. The normalized spacial score (nSPS) is 33.4. The second-order valence-electron chi connectivity index (χ2n) is 9.33. The number of ketones is 5. The molecule has 1 aromatic carbocycles. The number of hydrogen-bond acceptors (Lipinski definition) is 9. The molecular weight excluding hydrogens is 432 g/mol. The van der Waals surface area contributed by atoms with Crippen LogP contribution >= 0.6 is 0 Å². The summed E-state index contributed by atoms with van der Waals surface area (Å²) < 4.78 is 0. The first-order valence-electron chi connectivity index (χ1n) is 10.5. The molecule has 0 bridgehead atoms.